The fourth-order valence-electron chi connectivity index (χ4n) is 6.02. The molecular formula is C39H76N14O13. The van der Waals surface area contributed by atoms with E-state index in [1.807, 2.05) is 19.0 Å². The Bertz CT molecular complexity index is 1570. The third-order valence-corrected chi connectivity index (χ3v) is 9.99. The fourth-order valence-corrected chi connectivity index (χ4v) is 6.02. The predicted molar refractivity (Wildman–Crippen MR) is 238 cm³/mol. The summed E-state index contributed by atoms with van der Waals surface area (Å²) < 4.78 is 0. The number of carboxylic acid groups (broad SMARTS) is 1. The van der Waals surface area contributed by atoms with Crippen molar-refractivity contribution in [2.45, 2.75) is 152 Å². The zero-order chi connectivity index (χ0) is 50.7. The van der Waals surface area contributed by atoms with Crippen molar-refractivity contribution in [3.8, 4) is 0 Å². The number of primary amides is 1. The second kappa shape index (κ2) is 32.5. The van der Waals surface area contributed by atoms with E-state index in [2.05, 4.69) is 42.5 Å². The van der Waals surface area contributed by atoms with Crippen LogP contribution in [0.3, 0.4) is 0 Å². The number of carbonyl (C=O) groups excluding carboxylic acids is 8. The van der Waals surface area contributed by atoms with E-state index >= 15 is 0 Å². The number of hydrogen-bond acceptors (Lipinski definition) is 18. The van der Waals surface area contributed by atoms with E-state index in [4.69, 9.17) is 28.7 Å². The number of aliphatic hydroxyl groups excluding tert-OH is 3. The van der Waals surface area contributed by atoms with Gasteiger partial charge in [0.1, 0.15) is 54.6 Å². The van der Waals surface area contributed by atoms with E-state index in [0.717, 1.165) is 6.92 Å². The highest BCUT2D eigenvalue weighted by Crippen LogP contribution is 2.09. The molecule has 0 aromatic carbocycles. The number of rotatable bonds is 35. The minimum absolute atomic E-state index is 0.0379. The van der Waals surface area contributed by atoms with E-state index in [9.17, 15) is 63.6 Å². The Kier molecular flexibility index (Phi) is 30.0. The maximum absolute atomic E-state index is 13.8. The lowest BCUT2D eigenvalue weighted by Crippen LogP contribution is -2.61. The number of aliphatic hydroxyl groups is 3. The first-order chi connectivity index (χ1) is 30.9. The van der Waals surface area contributed by atoms with Crippen molar-refractivity contribution in [3.05, 3.63) is 0 Å². The molecule has 0 spiro atoms. The molecule has 0 radical (unpaired) electrons. The lowest BCUT2D eigenvalue weighted by Gasteiger charge is -2.28. The molecule has 0 unspecified atom stereocenters. The summed E-state index contributed by atoms with van der Waals surface area (Å²) in [5, 5.41) is 58.7. The van der Waals surface area contributed by atoms with Crippen molar-refractivity contribution in [1.29, 1.82) is 0 Å². The number of aliphatic carboxylic acids is 1. The highest BCUT2D eigenvalue weighted by Gasteiger charge is 2.35. The zero-order valence-electron chi connectivity index (χ0n) is 38.5. The topological polar surface area (TPSA) is 464 Å². The summed E-state index contributed by atoms with van der Waals surface area (Å²) in [6.07, 6.45) is -2.51. The Labute approximate surface area is 384 Å². The molecule has 66 heavy (non-hydrogen) atoms. The van der Waals surface area contributed by atoms with Gasteiger partial charge in [-0.05, 0) is 112 Å². The molecular weight excluding hydrogens is 873 g/mol. The fraction of sp³-hybridized carbons (Fsp3) is 0.769. The molecule has 380 valence electrons. The van der Waals surface area contributed by atoms with Gasteiger partial charge in [-0.25, -0.2) is 4.79 Å². The first-order valence-electron chi connectivity index (χ1n) is 21.8. The lowest BCUT2D eigenvalue weighted by atomic mass is 10.0. The van der Waals surface area contributed by atoms with Gasteiger partial charge in [0.15, 0.2) is 0 Å². The average molecular weight is 949 g/mol. The van der Waals surface area contributed by atoms with Gasteiger partial charge in [0.2, 0.25) is 47.3 Å². The monoisotopic (exact) mass is 949 g/mol. The van der Waals surface area contributed by atoms with Crippen LogP contribution in [0.25, 0.3) is 0 Å². The van der Waals surface area contributed by atoms with E-state index in [1.165, 1.54) is 13.8 Å². The quantitative estimate of drug-likeness (QED) is 0.0207. The minimum atomic E-state index is -1.77. The van der Waals surface area contributed by atoms with Crippen LogP contribution in [0.4, 0.5) is 0 Å². The molecule has 0 aliphatic heterocycles. The molecule has 10 atom stereocenters. The molecule has 22 N–H and O–H groups in total. The van der Waals surface area contributed by atoms with Gasteiger partial charge in [0.25, 0.3) is 0 Å². The van der Waals surface area contributed by atoms with Crippen LogP contribution in [0, 0.1) is 0 Å². The molecule has 0 heterocycles. The van der Waals surface area contributed by atoms with Crippen molar-refractivity contribution in [2.24, 2.45) is 28.7 Å². The molecule has 0 aliphatic carbocycles. The van der Waals surface area contributed by atoms with Crippen LogP contribution in [0.1, 0.15) is 85.0 Å². The normalized spacial score (nSPS) is 15.9. The Morgan fingerprint density at radius 1 is 0.561 bits per heavy atom. The van der Waals surface area contributed by atoms with Crippen molar-refractivity contribution in [3.63, 3.8) is 0 Å². The summed E-state index contributed by atoms with van der Waals surface area (Å²) in [7, 11) is 3.68. The molecule has 0 bridgehead atoms. The van der Waals surface area contributed by atoms with Gasteiger partial charge in [-0.2, -0.15) is 0 Å². The van der Waals surface area contributed by atoms with Crippen molar-refractivity contribution < 1.29 is 63.6 Å². The maximum atomic E-state index is 13.8. The van der Waals surface area contributed by atoms with Crippen molar-refractivity contribution in [1.82, 2.24) is 47.4 Å². The van der Waals surface area contributed by atoms with E-state index < -0.39 is 133 Å². The van der Waals surface area contributed by atoms with Gasteiger partial charge < -0.3 is 91.2 Å². The number of nitrogens with one attached hydrogen (secondary N) is 8. The number of nitrogens with zero attached hydrogens (tertiary/aromatic N) is 1. The molecule has 0 aromatic rings. The van der Waals surface area contributed by atoms with Crippen LogP contribution in [0.15, 0.2) is 0 Å². The molecule has 27 nitrogen and oxygen atoms in total. The SMILES string of the molecule is C[C@H](NC(=O)[C@@H](NC(=O)[C@H](CCC(N)=O)NC(=O)[C@H](CCCCN)NC(=O)[C@@H](N)[C@@H](C)O)[C@@H](C)O)C(=O)N[C@@H](CCCNC(N)N)C(=O)N[C@@H](CCCCN(C)C)C(=O)N[C@@H](CO)C(=O)O. The first kappa shape index (κ1) is 60.9. The van der Waals surface area contributed by atoms with Crippen LogP contribution in [-0.2, 0) is 43.2 Å². The largest absolute Gasteiger partial charge is 0.480 e. The number of unbranched alkanes of at least 4 members (excludes halogenated alkanes) is 2. The molecule has 0 aromatic heterocycles. The van der Waals surface area contributed by atoms with Gasteiger partial charge in [0, 0.05) is 6.42 Å². The minimum Gasteiger partial charge on any atom is -0.480 e. The number of hydrogen-bond donors (Lipinski definition) is 17. The third-order valence-electron chi connectivity index (χ3n) is 9.99. The molecule has 0 rings (SSSR count). The van der Waals surface area contributed by atoms with Crippen molar-refractivity contribution >= 4 is 53.2 Å². The molecule has 27 heteroatoms. The highest BCUT2D eigenvalue weighted by molar-refractivity contribution is 5.97. The van der Waals surface area contributed by atoms with Gasteiger partial charge in [-0.3, -0.25) is 43.7 Å². The Hall–Kier alpha value is -5.13. The maximum Gasteiger partial charge on any atom is 0.328 e. The highest BCUT2D eigenvalue weighted by atomic mass is 16.4. The summed E-state index contributed by atoms with van der Waals surface area (Å²) >= 11 is 0. The molecule has 0 fully saturated rings. The third kappa shape index (κ3) is 25.0. The summed E-state index contributed by atoms with van der Waals surface area (Å²) in [6.45, 7) is 3.82. The van der Waals surface area contributed by atoms with Crippen LogP contribution in [0.5, 0.6) is 0 Å². The van der Waals surface area contributed by atoms with Crippen molar-refractivity contribution in [2.75, 3.05) is 40.3 Å². The van der Waals surface area contributed by atoms with Gasteiger partial charge in [-0.1, -0.05) is 0 Å². The summed E-state index contributed by atoms with van der Waals surface area (Å²) in [4.78, 5) is 119. The Morgan fingerprint density at radius 2 is 1.02 bits per heavy atom. The smallest absolute Gasteiger partial charge is 0.328 e. The number of carbonyl (C=O) groups is 9. The summed E-state index contributed by atoms with van der Waals surface area (Å²) in [6, 6.07) is -11.7. The van der Waals surface area contributed by atoms with Gasteiger partial charge in [-0.15, -0.1) is 0 Å². The van der Waals surface area contributed by atoms with Crippen LogP contribution >= 0.6 is 0 Å². The first-order valence-corrected chi connectivity index (χ1v) is 21.8. The number of nitrogens with two attached hydrogens (primary N) is 5. The summed E-state index contributed by atoms with van der Waals surface area (Å²) in [5.74, 6) is -8.95. The van der Waals surface area contributed by atoms with Gasteiger partial charge in [0.05, 0.1) is 18.8 Å². The van der Waals surface area contributed by atoms with E-state index in [-0.39, 0.29) is 45.2 Å². The van der Waals surface area contributed by atoms with Crippen LogP contribution in [0.2, 0.25) is 0 Å². The van der Waals surface area contributed by atoms with E-state index in [1.54, 1.807) is 0 Å². The summed E-state index contributed by atoms with van der Waals surface area (Å²) in [5.41, 5.74) is 27.7. The zero-order valence-corrected chi connectivity index (χ0v) is 38.5. The van der Waals surface area contributed by atoms with Crippen LogP contribution in [-0.4, -0.2) is 186 Å². The Morgan fingerprint density at radius 3 is 1.45 bits per heavy atom. The second-order valence-corrected chi connectivity index (χ2v) is 16.3. The van der Waals surface area contributed by atoms with Crippen LogP contribution < -0.4 is 71.2 Å². The number of amides is 8. The van der Waals surface area contributed by atoms with Gasteiger partial charge >= 0.3 is 5.97 Å². The number of carboxylic acids is 1. The molecule has 0 saturated heterocycles. The Balaban J connectivity index is 6.33. The standard InChI is InChI=1S/C39H76N14O13/c1-20(31(58)47-25(13-10-17-45-39(43)44)33(60)48-23(12-7-9-18-53(4)5)34(61)51-27(19-54)38(65)66)46-37(64)30(22(3)56)52-35(62)26(14-15-28(41)57)49-32(59)24(11-6-8-16-40)50-36(63)29(42)21(2)55/h20-27,29-30,39,45,54-56H,6-19,40,42-44H2,1-5H3,(H2,41,57)(H,46,64)(H,47,58)(H,48,60)(H,49,59)(H,50,63)(H,51,61)(H,52,62)(H,65,66)/t20-,21+,22+,23-,24-,25-,26-,27-,29-,30-/m0/s1. The lowest BCUT2D eigenvalue weighted by molar-refractivity contribution is -0.143. The molecule has 0 aliphatic rings. The average Bonchev–Trinajstić information content (AvgIpc) is 3.23. The van der Waals surface area contributed by atoms with E-state index in [0.29, 0.717) is 32.2 Å². The predicted octanol–water partition coefficient (Wildman–Crippen LogP) is -7.74. The molecule has 0 saturated carbocycles. The molecule has 8 amide bonds. The second-order valence-electron chi connectivity index (χ2n) is 16.3.